The Labute approximate surface area is 116 Å². The monoisotopic (exact) mass is 289 g/mol. The number of sulfonamides is 1. The van der Waals surface area contributed by atoms with Gasteiger partial charge in [0.05, 0.1) is 17.3 Å². The van der Waals surface area contributed by atoms with Gasteiger partial charge >= 0.3 is 0 Å². The molecule has 0 bridgehead atoms. The fourth-order valence-corrected chi connectivity index (χ4v) is 2.75. The maximum Gasteiger partial charge on any atom is 0.265 e. The lowest BCUT2D eigenvalue weighted by molar-refractivity contribution is 0.601. The minimum atomic E-state index is -3.85. The Kier molecular flexibility index (Phi) is 3.84. The van der Waals surface area contributed by atoms with Gasteiger partial charge in [-0.15, -0.1) is 0 Å². The SMILES string of the molecule is N#Cc1cccc(NS(=O)(=O)c2cccnc2NN)c1. The van der Waals surface area contributed by atoms with Crippen molar-refractivity contribution in [1.29, 1.82) is 5.26 Å². The molecule has 20 heavy (non-hydrogen) atoms. The number of nitriles is 1. The van der Waals surface area contributed by atoms with E-state index in [0.717, 1.165) is 0 Å². The van der Waals surface area contributed by atoms with Crippen molar-refractivity contribution < 1.29 is 8.42 Å². The highest BCUT2D eigenvalue weighted by Crippen LogP contribution is 2.21. The number of nitrogens with zero attached hydrogens (tertiary/aromatic N) is 2. The van der Waals surface area contributed by atoms with Gasteiger partial charge in [-0.3, -0.25) is 4.72 Å². The molecule has 0 aliphatic carbocycles. The summed E-state index contributed by atoms with van der Waals surface area (Å²) in [7, 11) is -3.85. The number of rotatable bonds is 4. The van der Waals surface area contributed by atoms with Gasteiger partial charge in [-0.25, -0.2) is 19.2 Å². The third kappa shape index (κ3) is 2.85. The molecule has 0 saturated heterocycles. The lowest BCUT2D eigenvalue weighted by atomic mass is 10.2. The third-order valence-corrected chi connectivity index (χ3v) is 3.85. The van der Waals surface area contributed by atoms with E-state index in [-0.39, 0.29) is 16.4 Å². The van der Waals surface area contributed by atoms with Gasteiger partial charge in [0.25, 0.3) is 10.0 Å². The summed E-state index contributed by atoms with van der Waals surface area (Å²) in [5.74, 6) is 5.28. The lowest BCUT2D eigenvalue weighted by Crippen LogP contribution is -2.18. The summed E-state index contributed by atoms with van der Waals surface area (Å²) in [6.45, 7) is 0. The highest BCUT2D eigenvalue weighted by Gasteiger charge is 2.19. The molecule has 7 nitrogen and oxygen atoms in total. The number of pyridine rings is 1. The molecule has 0 aliphatic heterocycles. The van der Waals surface area contributed by atoms with Gasteiger partial charge in [-0.05, 0) is 30.3 Å². The molecule has 0 amide bonds. The predicted molar refractivity (Wildman–Crippen MR) is 74.0 cm³/mol. The zero-order valence-corrected chi connectivity index (χ0v) is 11.1. The second-order valence-electron chi connectivity index (χ2n) is 3.79. The van der Waals surface area contributed by atoms with E-state index in [1.165, 1.54) is 24.4 Å². The van der Waals surface area contributed by atoms with Crippen molar-refractivity contribution >= 4 is 21.5 Å². The van der Waals surface area contributed by atoms with Crippen LogP contribution in [0.15, 0.2) is 47.5 Å². The molecule has 0 fully saturated rings. The van der Waals surface area contributed by atoms with Gasteiger partial charge in [0.1, 0.15) is 4.90 Å². The zero-order valence-electron chi connectivity index (χ0n) is 10.2. The molecule has 0 radical (unpaired) electrons. The van der Waals surface area contributed by atoms with E-state index in [9.17, 15) is 8.42 Å². The van der Waals surface area contributed by atoms with Gasteiger partial charge < -0.3 is 5.43 Å². The smallest absolute Gasteiger partial charge is 0.265 e. The number of nitrogens with one attached hydrogen (secondary N) is 2. The van der Waals surface area contributed by atoms with Gasteiger partial charge in [-0.2, -0.15) is 5.26 Å². The number of nitrogens with two attached hydrogens (primary N) is 1. The van der Waals surface area contributed by atoms with Gasteiger partial charge in [0, 0.05) is 6.20 Å². The number of hydrazine groups is 1. The molecule has 102 valence electrons. The quantitative estimate of drug-likeness (QED) is 0.571. The maximum absolute atomic E-state index is 12.3. The molecule has 8 heteroatoms. The summed E-state index contributed by atoms with van der Waals surface area (Å²) in [5.41, 5.74) is 2.87. The normalized spacial score (nSPS) is 10.6. The Morgan fingerprint density at radius 1 is 1.25 bits per heavy atom. The molecular weight excluding hydrogens is 278 g/mol. The van der Waals surface area contributed by atoms with E-state index in [0.29, 0.717) is 5.56 Å². The van der Waals surface area contributed by atoms with Gasteiger partial charge in [-0.1, -0.05) is 6.07 Å². The Balaban J connectivity index is 2.38. The van der Waals surface area contributed by atoms with Crippen molar-refractivity contribution in [2.45, 2.75) is 4.90 Å². The van der Waals surface area contributed by atoms with Gasteiger partial charge in [0.2, 0.25) is 0 Å². The topological polar surface area (TPSA) is 121 Å². The minimum absolute atomic E-state index is 0.0384. The molecule has 0 atom stereocenters. The van der Waals surface area contributed by atoms with E-state index in [1.54, 1.807) is 18.2 Å². The average molecular weight is 289 g/mol. The summed E-state index contributed by atoms with van der Waals surface area (Å²) in [4.78, 5) is 3.75. The van der Waals surface area contributed by atoms with Crippen LogP contribution < -0.4 is 16.0 Å². The van der Waals surface area contributed by atoms with E-state index < -0.39 is 10.0 Å². The van der Waals surface area contributed by atoms with Crippen LogP contribution in [0.5, 0.6) is 0 Å². The van der Waals surface area contributed by atoms with Crippen molar-refractivity contribution in [3.05, 3.63) is 48.2 Å². The summed E-state index contributed by atoms with van der Waals surface area (Å²) >= 11 is 0. The fraction of sp³-hybridized carbons (Fsp3) is 0. The summed E-state index contributed by atoms with van der Waals surface area (Å²) < 4.78 is 26.9. The van der Waals surface area contributed by atoms with Crippen molar-refractivity contribution in [2.75, 3.05) is 10.1 Å². The Morgan fingerprint density at radius 2 is 2.05 bits per heavy atom. The first-order valence-corrected chi connectivity index (χ1v) is 7.00. The minimum Gasteiger partial charge on any atom is -0.307 e. The van der Waals surface area contributed by atoms with Crippen molar-refractivity contribution in [3.63, 3.8) is 0 Å². The summed E-state index contributed by atoms with van der Waals surface area (Å²) in [6, 6.07) is 10.9. The Morgan fingerprint density at radius 3 is 2.75 bits per heavy atom. The second kappa shape index (κ2) is 5.56. The lowest BCUT2D eigenvalue weighted by Gasteiger charge is -2.10. The number of benzene rings is 1. The molecule has 1 aromatic carbocycles. The van der Waals surface area contributed by atoms with E-state index in [1.807, 2.05) is 6.07 Å². The number of anilines is 2. The third-order valence-electron chi connectivity index (χ3n) is 2.44. The number of hydrogen-bond acceptors (Lipinski definition) is 6. The first-order valence-electron chi connectivity index (χ1n) is 5.51. The molecule has 0 unspecified atom stereocenters. The van der Waals surface area contributed by atoms with Crippen LogP contribution in [0.3, 0.4) is 0 Å². The molecule has 2 aromatic rings. The fourth-order valence-electron chi connectivity index (χ4n) is 1.58. The number of hydrogen-bond donors (Lipinski definition) is 3. The van der Waals surface area contributed by atoms with Crippen LogP contribution >= 0.6 is 0 Å². The number of aromatic nitrogens is 1. The summed E-state index contributed by atoms with van der Waals surface area (Å²) in [5, 5.41) is 8.80. The second-order valence-corrected chi connectivity index (χ2v) is 5.44. The Bertz CT molecular complexity index is 767. The van der Waals surface area contributed by atoms with Crippen molar-refractivity contribution in [1.82, 2.24) is 4.98 Å². The van der Waals surface area contributed by atoms with Crippen LogP contribution in [0.4, 0.5) is 11.5 Å². The van der Waals surface area contributed by atoms with Crippen LogP contribution in [-0.2, 0) is 10.0 Å². The van der Waals surface area contributed by atoms with Crippen LogP contribution in [0.25, 0.3) is 0 Å². The zero-order chi connectivity index (χ0) is 14.6. The van der Waals surface area contributed by atoms with Crippen LogP contribution in [-0.4, -0.2) is 13.4 Å². The Hall–Kier alpha value is -2.63. The van der Waals surface area contributed by atoms with E-state index in [4.69, 9.17) is 11.1 Å². The molecule has 2 rings (SSSR count). The van der Waals surface area contributed by atoms with Crippen molar-refractivity contribution in [3.8, 4) is 6.07 Å². The first kappa shape index (κ1) is 13.8. The van der Waals surface area contributed by atoms with Crippen LogP contribution in [0.1, 0.15) is 5.56 Å². The molecule has 0 spiro atoms. The highest BCUT2D eigenvalue weighted by atomic mass is 32.2. The number of nitrogen functional groups attached to an aromatic ring is 1. The molecule has 1 heterocycles. The maximum atomic E-state index is 12.3. The highest BCUT2D eigenvalue weighted by molar-refractivity contribution is 7.92. The predicted octanol–water partition coefficient (Wildman–Crippen LogP) is 1.04. The van der Waals surface area contributed by atoms with E-state index in [2.05, 4.69) is 15.1 Å². The largest absolute Gasteiger partial charge is 0.307 e. The molecule has 0 saturated carbocycles. The first-order chi connectivity index (χ1) is 9.56. The van der Waals surface area contributed by atoms with Crippen LogP contribution in [0, 0.1) is 11.3 Å². The molecule has 0 aliphatic rings. The summed E-state index contributed by atoms with van der Waals surface area (Å²) in [6.07, 6.45) is 1.42. The average Bonchev–Trinajstić information content (AvgIpc) is 2.47. The van der Waals surface area contributed by atoms with E-state index >= 15 is 0 Å². The van der Waals surface area contributed by atoms with Crippen LogP contribution in [0.2, 0.25) is 0 Å². The van der Waals surface area contributed by atoms with Gasteiger partial charge in [0.15, 0.2) is 5.82 Å². The molecular formula is C12H11N5O2S. The van der Waals surface area contributed by atoms with Crippen molar-refractivity contribution in [2.24, 2.45) is 5.84 Å². The molecule has 4 N–H and O–H groups in total. The molecule has 1 aromatic heterocycles. The standard InChI is InChI=1S/C12H11N5O2S/c13-8-9-3-1-4-10(7-9)17-20(18,19)11-5-2-6-15-12(11)16-14/h1-7,17H,14H2,(H,15,16).